The van der Waals surface area contributed by atoms with E-state index >= 15 is 0 Å². The van der Waals surface area contributed by atoms with Crippen LogP contribution < -0.4 is 5.32 Å². The van der Waals surface area contributed by atoms with Crippen molar-refractivity contribution in [3.8, 4) is 0 Å². The Labute approximate surface area is 42.2 Å². The van der Waals surface area contributed by atoms with Crippen molar-refractivity contribution in [1.82, 2.24) is 5.32 Å². The van der Waals surface area contributed by atoms with Crippen molar-refractivity contribution in [2.75, 3.05) is 7.05 Å². The van der Waals surface area contributed by atoms with Crippen LogP contribution in [0.5, 0.6) is 0 Å². The largest absolute Gasteiger partial charge is 0.365 e. The predicted octanol–water partition coefficient (Wildman–Crippen LogP) is 1.18. The second-order valence-corrected chi connectivity index (χ2v) is 1.67. The maximum Gasteiger partial charge on any atom is 0.185 e. The molecule has 0 saturated heterocycles. The summed E-state index contributed by atoms with van der Waals surface area (Å²) in [6.07, 6.45) is 1.90. The summed E-state index contributed by atoms with van der Waals surface area (Å²) in [5, 5.41) is 2.44. The van der Waals surface area contributed by atoms with Crippen molar-refractivity contribution in [3.63, 3.8) is 0 Å². The van der Waals surface area contributed by atoms with Gasteiger partial charge >= 0.3 is 0 Å². The second-order valence-electron chi connectivity index (χ2n) is 1.67. The molecule has 0 unspecified atom stereocenters. The van der Waals surface area contributed by atoms with Crippen molar-refractivity contribution in [3.05, 3.63) is 11.5 Å². The van der Waals surface area contributed by atoms with Crippen molar-refractivity contribution in [2.24, 2.45) is 0 Å². The summed E-state index contributed by atoms with van der Waals surface area (Å²) in [4.78, 5) is 0. The standard InChI is InChI=1S/C5H8FN/c1-7-5(6)4-2-3-4/h7H,2-3H2,1H3. The van der Waals surface area contributed by atoms with Gasteiger partial charge in [0.25, 0.3) is 0 Å². The molecule has 0 amide bonds. The molecule has 1 saturated carbocycles. The number of hydrogen-bond donors (Lipinski definition) is 1. The Morgan fingerprint density at radius 3 is 2.43 bits per heavy atom. The number of rotatable bonds is 1. The smallest absolute Gasteiger partial charge is 0.185 e. The van der Waals surface area contributed by atoms with Gasteiger partial charge in [0.05, 0.1) is 0 Å². The molecule has 0 atom stereocenters. The van der Waals surface area contributed by atoms with Gasteiger partial charge in [-0.3, -0.25) is 0 Å². The molecule has 1 nitrogen and oxygen atoms in total. The minimum absolute atomic E-state index is 0.125. The molecule has 0 heterocycles. The van der Waals surface area contributed by atoms with Crippen LogP contribution in [-0.2, 0) is 0 Å². The average Bonchev–Trinajstić information content (AvgIpc) is 2.44. The van der Waals surface area contributed by atoms with Crippen LogP contribution in [-0.4, -0.2) is 7.05 Å². The lowest BCUT2D eigenvalue weighted by molar-refractivity contribution is 0.569. The van der Waals surface area contributed by atoms with Crippen LogP contribution in [0.25, 0.3) is 0 Å². The van der Waals surface area contributed by atoms with E-state index < -0.39 is 0 Å². The quantitative estimate of drug-likeness (QED) is 0.489. The van der Waals surface area contributed by atoms with Gasteiger partial charge in [0.2, 0.25) is 0 Å². The van der Waals surface area contributed by atoms with Crippen molar-refractivity contribution in [2.45, 2.75) is 12.8 Å². The van der Waals surface area contributed by atoms with Crippen molar-refractivity contribution < 1.29 is 4.39 Å². The Morgan fingerprint density at radius 2 is 2.29 bits per heavy atom. The molecular formula is C5H8FN. The zero-order chi connectivity index (χ0) is 5.28. The van der Waals surface area contributed by atoms with Crippen LogP contribution in [0.3, 0.4) is 0 Å². The van der Waals surface area contributed by atoms with Crippen molar-refractivity contribution in [1.29, 1.82) is 0 Å². The van der Waals surface area contributed by atoms with E-state index in [0.717, 1.165) is 18.4 Å². The Hall–Kier alpha value is -0.530. The number of halogens is 1. The van der Waals surface area contributed by atoms with Gasteiger partial charge in [-0.25, -0.2) is 0 Å². The third-order valence-electron chi connectivity index (χ3n) is 1.03. The van der Waals surface area contributed by atoms with Gasteiger partial charge in [-0.05, 0) is 18.4 Å². The van der Waals surface area contributed by atoms with E-state index in [1.807, 2.05) is 0 Å². The first-order valence-corrected chi connectivity index (χ1v) is 2.40. The lowest BCUT2D eigenvalue weighted by atomic mass is 10.6. The predicted molar refractivity (Wildman–Crippen MR) is 26.4 cm³/mol. The molecular weight excluding hydrogens is 93.1 g/mol. The van der Waals surface area contributed by atoms with E-state index in [9.17, 15) is 4.39 Å². The van der Waals surface area contributed by atoms with Crippen LogP contribution in [0, 0.1) is 0 Å². The van der Waals surface area contributed by atoms with E-state index in [4.69, 9.17) is 0 Å². The van der Waals surface area contributed by atoms with Crippen LogP contribution in [0.1, 0.15) is 12.8 Å². The number of hydrogen-bond acceptors (Lipinski definition) is 1. The Morgan fingerprint density at radius 1 is 1.71 bits per heavy atom. The topological polar surface area (TPSA) is 12.0 Å². The van der Waals surface area contributed by atoms with E-state index in [0.29, 0.717) is 0 Å². The molecule has 2 heteroatoms. The highest BCUT2D eigenvalue weighted by atomic mass is 19.1. The van der Waals surface area contributed by atoms with Gasteiger partial charge in [0.15, 0.2) is 5.95 Å². The second kappa shape index (κ2) is 1.52. The molecule has 1 fully saturated rings. The molecule has 7 heavy (non-hydrogen) atoms. The summed E-state index contributed by atoms with van der Waals surface area (Å²) in [6, 6.07) is 0. The maximum absolute atomic E-state index is 12.1. The van der Waals surface area contributed by atoms with Gasteiger partial charge in [-0.1, -0.05) is 0 Å². The highest BCUT2D eigenvalue weighted by molar-refractivity contribution is 5.19. The average molecular weight is 101 g/mol. The number of allylic oxidation sites excluding steroid dienone is 1. The van der Waals surface area contributed by atoms with Gasteiger partial charge in [0.1, 0.15) is 0 Å². The summed E-state index contributed by atoms with van der Waals surface area (Å²) in [5.41, 5.74) is 0.933. The van der Waals surface area contributed by atoms with Gasteiger partial charge in [-0.15, -0.1) is 0 Å². The zero-order valence-electron chi connectivity index (χ0n) is 4.29. The highest BCUT2D eigenvalue weighted by Gasteiger charge is 2.16. The third kappa shape index (κ3) is 0.918. The van der Waals surface area contributed by atoms with Crippen LogP contribution >= 0.6 is 0 Å². The van der Waals surface area contributed by atoms with Crippen molar-refractivity contribution >= 4 is 0 Å². The molecule has 0 aromatic heterocycles. The van der Waals surface area contributed by atoms with Crippen LogP contribution in [0.15, 0.2) is 11.5 Å². The van der Waals surface area contributed by atoms with E-state index in [-0.39, 0.29) is 5.95 Å². The lowest BCUT2D eigenvalue weighted by Crippen LogP contribution is -1.99. The number of nitrogens with one attached hydrogen (secondary N) is 1. The molecule has 0 aliphatic heterocycles. The Balaban J connectivity index is 2.49. The Kier molecular flexibility index (Phi) is 1.01. The fraction of sp³-hybridized carbons (Fsp3) is 0.600. The first kappa shape index (κ1) is 4.62. The zero-order valence-corrected chi connectivity index (χ0v) is 4.29. The van der Waals surface area contributed by atoms with Gasteiger partial charge in [0, 0.05) is 7.05 Å². The first-order chi connectivity index (χ1) is 3.34. The minimum Gasteiger partial charge on any atom is -0.365 e. The molecule has 1 N–H and O–H groups in total. The van der Waals surface area contributed by atoms with Gasteiger partial charge < -0.3 is 5.32 Å². The first-order valence-electron chi connectivity index (χ1n) is 2.40. The summed E-state index contributed by atoms with van der Waals surface area (Å²) in [5.74, 6) is -0.125. The lowest BCUT2D eigenvalue weighted by Gasteiger charge is -1.87. The van der Waals surface area contributed by atoms with E-state index in [1.165, 1.54) is 0 Å². The van der Waals surface area contributed by atoms with Gasteiger partial charge in [-0.2, -0.15) is 4.39 Å². The molecule has 1 rings (SSSR count). The Bertz CT molecular complexity index is 101. The molecule has 0 spiro atoms. The normalized spacial score (nSPS) is 16.6. The molecule has 0 bridgehead atoms. The minimum atomic E-state index is -0.125. The van der Waals surface area contributed by atoms with E-state index in [2.05, 4.69) is 5.32 Å². The highest BCUT2D eigenvalue weighted by Crippen LogP contribution is 2.30. The maximum atomic E-state index is 12.1. The molecule has 1 aliphatic carbocycles. The molecule has 0 aromatic rings. The molecule has 1 aliphatic rings. The van der Waals surface area contributed by atoms with Crippen LogP contribution in [0.2, 0.25) is 0 Å². The molecule has 0 radical (unpaired) electrons. The van der Waals surface area contributed by atoms with E-state index in [1.54, 1.807) is 7.05 Å². The molecule has 40 valence electrons. The summed E-state index contributed by atoms with van der Waals surface area (Å²) in [7, 11) is 1.60. The van der Waals surface area contributed by atoms with Crippen LogP contribution in [0.4, 0.5) is 4.39 Å². The summed E-state index contributed by atoms with van der Waals surface area (Å²) < 4.78 is 12.1. The SMILES string of the molecule is CNC(F)=C1CC1. The summed E-state index contributed by atoms with van der Waals surface area (Å²) >= 11 is 0. The third-order valence-corrected chi connectivity index (χ3v) is 1.03. The summed E-state index contributed by atoms with van der Waals surface area (Å²) in [6.45, 7) is 0. The fourth-order valence-electron chi connectivity index (χ4n) is 0.459. The molecule has 0 aromatic carbocycles. The fourth-order valence-corrected chi connectivity index (χ4v) is 0.459. The monoisotopic (exact) mass is 101 g/mol.